The van der Waals surface area contributed by atoms with Crippen molar-refractivity contribution in [3.8, 4) is 5.75 Å². The number of nitrogens with two attached hydrogens (primary N) is 1. The minimum absolute atomic E-state index is 0.00995. The number of ether oxygens (including phenoxy) is 2. The van der Waals surface area contributed by atoms with E-state index in [1.54, 1.807) is 0 Å². The molecule has 166 valence electrons. The Labute approximate surface area is 176 Å². The Hall–Kier alpha value is -3.40. The van der Waals surface area contributed by atoms with Gasteiger partial charge in [0.25, 0.3) is 0 Å². The number of methoxy groups -OCH3 is 1. The summed E-state index contributed by atoms with van der Waals surface area (Å²) in [6.07, 6.45) is -4.86. The van der Waals surface area contributed by atoms with Crippen molar-refractivity contribution in [2.75, 3.05) is 7.11 Å². The highest BCUT2D eigenvalue weighted by Gasteiger charge is 2.41. The summed E-state index contributed by atoms with van der Waals surface area (Å²) >= 11 is 0. The lowest BCUT2D eigenvalue weighted by Crippen LogP contribution is -2.50. The van der Waals surface area contributed by atoms with Crippen LogP contribution < -0.4 is 15.8 Å². The first-order chi connectivity index (χ1) is 14.6. The molecule has 2 aromatic rings. The van der Waals surface area contributed by atoms with Gasteiger partial charge in [0.1, 0.15) is 11.8 Å². The van der Waals surface area contributed by atoms with Gasteiger partial charge in [-0.15, -0.1) is 0 Å². The number of rotatable bonds is 8. The lowest BCUT2D eigenvalue weighted by molar-refractivity contribution is -0.189. The second-order valence-electron chi connectivity index (χ2n) is 6.62. The highest BCUT2D eigenvalue weighted by molar-refractivity contribution is 5.87. The van der Waals surface area contributed by atoms with Crippen LogP contribution in [0.4, 0.5) is 13.2 Å². The quantitative estimate of drug-likeness (QED) is 0.482. The summed E-state index contributed by atoms with van der Waals surface area (Å²) < 4.78 is 45.7. The molecule has 3 N–H and O–H groups in total. The first-order valence-corrected chi connectivity index (χ1v) is 9.15. The molecule has 0 aliphatic carbocycles. The number of hydrogen-bond donors (Lipinski definition) is 2. The van der Waals surface area contributed by atoms with Crippen molar-refractivity contribution in [1.82, 2.24) is 5.32 Å². The predicted molar refractivity (Wildman–Crippen MR) is 104 cm³/mol. The fraction of sp³-hybridized carbons (Fsp3) is 0.286. The van der Waals surface area contributed by atoms with Gasteiger partial charge in [-0.05, 0) is 29.7 Å². The number of carbonyl (C=O) groups is 3. The third-order valence-electron chi connectivity index (χ3n) is 4.24. The Bertz CT molecular complexity index is 901. The van der Waals surface area contributed by atoms with Crippen molar-refractivity contribution in [2.45, 2.75) is 31.1 Å². The molecular formula is C21H21F3N2O5. The number of carbonyl (C=O) groups excluding carboxylic acids is 3. The van der Waals surface area contributed by atoms with E-state index in [0.717, 1.165) is 24.8 Å². The van der Waals surface area contributed by atoms with E-state index in [-0.39, 0.29) is 18.6 Å². The summed E-state index contributed by atoms with van der Waals surface area (Å²) in [5.41, 5.74) is 7.27. The van der Waals surface area contributed by atoms with Crippen LogP contribution in [0.2, 0.25) is 0 Å². The van der Waals surface area contributed by atoms with E-state index in [4.69, 9.17) is 10.5 Å². The maximum Gasteiger partial charge on any atom is 0.491 e. The molecule has 2 atom stereocenters. The second-order valence-corrected chi connectivity index (χ2v) is 6.62. The van der Waals surface area contributed by atoms with Crippen molar-refractivity contribution in [3.05, 3.63) is 65.7 Å². The van der Waals surface area contributed by atoms with Crippen LogP contribution in [0.5, 0.6) is 5.75 Å². The molecule has 2 aromatic carbocycles. The molecule has 0 spiro atoms. The normalized spacial score (nSPS) is 13.1. The van der Waals surface area contributed by atoms with Crippen LogP contribution in [-0.2, 0) is 32.0 Å². The molecule has 31 heavy (non-hydrogen) atoms. The average Bonchev–Trinajstić information content (AvgIpc) is 2.73. The Balaban J connectivity index is 2.01. The number of esters is 2. The van der Waals surface area contributed by atoms with Gasteiger partial charge in [-0.1, -0.05) is 42.5 Å². The molecule has 0 heterocycles. The van der Waals surface area contributed by atoms with E-state index < -0.39 is 36.1 Å². The molecule has 0 unspecified atom stereocenters. The zero-order chi connectivity index (χ0) is 23.0. The average molecular weight is 438 g/mol. The fourth-order valence-electron chi connectivity index (χ4n) is 2.67. The maximum atomic E-state index is 12.4. The largest absolute Gasteiger partial charge is 0.491 e. The molecule has 0 aromatic heterocycles. The second kappa shape index (κ2) is 10.6. The van der Waals surface area contributed by atoms with Gasteiger partial charge in [0, 0.05) is 6.42 Å². The molecule has 1 amide bonds. The van der Waals surface area contributed by atoms with Crippen molar-refractivity contribution in [3.63, 3.8) is 0 Å². The summed E-state index contributed by atoms with van der Waals surface area (Å²) in [5, 5.41) is 2.53. The number of amides is 1. The van der Waals surface area contributed by atoms with E-state index in [9.17, 15) is 27.6 Å². The molecule has 0 aliphatic heterocycles. The monoisotopic (exact) mass is 438 g/mol. The first kappa shape index (κ1) is 23.9. The summed E-state index contributed by atoms with van der Waals surface area (Å²) in [6.45, 7) is 0. The zero-order valence-corrected chi connectivity index (χ0v) is 16.5. The number of benzene rings is 2. The number of alkyl halides is 3. The van der Waals surface area contributed by atoms with Gasteiger partial charge in [-0.25, -0.2) is 9.59 Å². The minimum Gasteiger partial charge on any atom is -0.467 e. The molecule has 7 nitrogen and oxygen atoms in total. The van der Waals surface area contributed by atoms with Crippen LogP contribution in [0.25, 0.3) is 0 Å². The number of halogens is 3. The molecule has 0 saturated heterocycles. The lowest BCUT2D eigenvalue weighted by Gasteiger charge is -2.19. The van der Waals surface area contributed by atoms with Crippen LogP contribution in [0, 0.1) is 0 Å². The third kappa shape index (κ3) is 7.41. The summed E-state index contributed by atoms with van der Waals surface area (Å²) in [4.78, 5) is 35.4. The molecule has 0 fully saturated rings. The molecule has 0 bridgehead atoms. The Morgan fingerprint density at radius 3 is 2.10 bits per heavy atom. The van der Waals surface area contributed by atoms with Crippen molar-refractivity contribution >= 4 is 17.8 Å². The summed E-state index contributed by atoms with van der Waals surface area (Å²) in [6, 6.07) is 12.2. The molecular weight excluding hydrogens is 417 g/mol. The van der Waals surface area contributed by atoms with E-state index >= 15 is 0 Å². The highest BCUT2D eigenvalue weighted by atomic mass is 19.4. The van der Waals surface area contributed by atoms with E-state index in [1.807, 2.05) is 30.3 Å². The number of nitrogens with one attached hydrogen (secondary N) is 1. The topological polar surface area (TPSA) is 108 Å². The standard InChI is InChI=1S/C21H21F3N2O5/c1-30-19(28)17(26-18(27)16(25)11-13-5-3-2-4-6-13)12-14-7-9-15(10-8-14)31-20(29)21(22,23)24/h2-10,16-17H,11-12,25H2,1H3,(H,26,27)/t16-,17-/m0/s1. The Morgan fingerprint density at radius 1 is 0.968 bits per heavy atom. The lowest BCUT2D eigenvalue weighted by atomic mass is 10.0. The van der Waals surface area contributed by atoms with Gasteiger partial charge < -0.3 is 20.5 Å². The highest BCUT2D eigenvalue weighted by Crippen LogP contribution is 2.20. The maximum absolute atomic E-state index is 12.4. The Morgan fingerprint density at radius 2 is 1.55 bits per heavy atom. The summed E-state index contributed by atoms with van der Waals surface area (Å²) in [7, 11) is 1.16. The van der Waals surface area contributed by atoms with Crippen molar-refractivity contribution in [1.29, 1.82) is 0 Å². The van der Waals surface area contributed by atoms with Crippen molar-refractivity contribution < 1.29 is 37.0 Å². The molecule has 0 aliphatic rings. The summed E-state index contributed by atoms with van der Waals surface area (Å²) in [5.74, 6) is -3.93. The SMILES string of the molecule is COC(=O)[C@H](Cc1ccc(OC(=O)C(F)(F)F)cc1)NC(=O)[C@@H](N)Cc1ccccc1. The minimum atomic E-state index is -5.11. The van der Waals surface area contributed by atoms with Crippen LogP contribution in [-0.4, -0.2) is 43.2 Å². The van der Waals surface area contributed by atoms with Gasteiger partial charge in [0.2, 0.25) is 5.91 Å². The Kier molecular flexibility index (Phi) is 8.14. The fourth-order valence-corrected chi connectivity index (χ4v) is 2.67. The molecule has 2 rings (SSSR count). The first-order valence-electron chi connectivity index (χ1n) is 9.15. The molecule has 10 heteroatoms. The smallest absolute Gasteiger partial charge is 0.467 e. The van der Waals surface area contributed by atoms with E-state index in [2.05, 4.69) is 10.1 Å². The van der Waals surface area contributed by atoms with Crippen LogP contribution >= 0.6 is 0 Å². The van der Waals surface area contributed by atoms with Crippen molar-refractivity contribution in [2.24, 2.45) is 5.73 Å². The van der Waals surface area contributed by atoms with E-state index in [0.29, 0.717) is 5.56 Å². The predicted octanol–water partition coefficient (Wildman–Crippen LogP) is 1.92. The molecule has 0 radical (unpaired) electrons. The van der Waals surface area contributed by atoms with Gasteiger partial charge in [0.05, 0.1) is 13.2 Å². The third-order valence-corrected chi connectivity index (χ3v) is 4.24. The van der Waals surface area contributed by atoms with Crippen LogP contribution in [0.1, 0.15) is 11.1 Å². The number of hydrogen-bond acceptors (Lipinski definition) is 6. The van der Waals surface area contributed by atoms with Crippen LogP contribution in [0.15, 0.2) is 54.6 Å². The molecule has 0 saturated carbocycles. The van der Waals surface area contributed by atoms with Gasteiger partial charge >= 0.3 is 18.1 Å². The van der Waals surface area contributed by atoms with Gasteiger partial charge in [0.15, 0.2) is 0 Å². The van der Waals surface area contributed by atoms with Crippen LogP contribution in [0.3, 0.4) is 0 Å². The van der Waals surface area contributed by atoms with Gasteiger partial charge in [-0.2, -0.15) is 13.2 Å². The van der Waals surface area contributed by atoms with E-state index in [1.165, 1.54) is 12.1 Å². The zero-order valence-electron chi connectivity index (χ0n) is 16.5. The van der Waals surface area contributed by atoms with Gasteiger partial charge in [-0.3, -0.25) is 4.79 Å².